The smallest absolute Gasteiger partial charge is 0.133 e. The molecule has 0 bridgehead atoms. The first-order valence-electron chi connectivity index (χ1n) is 6.39. The van der Waals surface area contributed by atoms with Crippen LogP contribution in [0.15, 0.2) is 24.3 Å². The third-order valence-corrected chi connectivity index (χ3v) is 4.18. The number of halogens is 1. The van der Waals surface area contributed by atoms with Gasteiger partial charge in [0.2, 0.25) is 0 Å². The highest BCUT2D eigenvalue weighted by Gasteiger charge is 2.22. The summed E-state index contributed by atoms with van der Waals surface area (Å²) in [5.74, 6) is 2.25. The van der Waals surface area contributed by atoms with Gasteiger partial charge in [-0.1, -0.05) is 17.7 Å². The maximum Gasteiger partial charge on any atom is 0.133 e. The molecule has 3 nitrogen and oxygen atoms in total. The number of hydrogen-bond acceptors (Lipinski definition) is 3. The van der Waals surface area contributed by atoms with E-state index in [1.54, 1.807) is 0 Å². The average Bonchev–Trinajstić information content (AvgIpc) is 2.98. The molecule has 0 unspecified atom stereocenters. The Labute approximate surface area is 122 Å². The number of fused-ring (bicyclic) bond motifs is 1. The van der Waals surface area contributed by atoms with E-state index < -0.39 is 0 Å². The minimum Gasteiger partial charge on any atom is -0.369 e. The maximum atomic E-state index is 6.07. The number of nitrogens with one attached hydrogen (secondary N) is 1. The first-order chi connectivity index (χ1) is 9.29. The monoisotopic (exact) mass is 293 g/mol. The van der Waals surface area contributed by atoms with Crippen LogP contribution in [0.2, 0.25) is 5.02 Å². The van der Waals surface area contributed by atoms with Crippen molar-refractivity contribution >= 4 is 29.2 Å². The van der Waals surface area contributed by atoms with Gasteiger partial charge in [-0.05, 0) is 36.6 Å². The Balaban J connectivity index is 2.02. The van der Waals surface area contributed by atoms with Crippen molar-refractivity contribution in [2.24, 2.45) is 0 Å². The van der Waals surface area contributed by atoms with E-state index in [-0.39, 0.29) is 0 Å². The summed E-state index contributed by atoms with van der Waals surface area (Å²) >= 11 is 7.93. The van der Waals surface area contributed by atoms with Crippen molar-refractivity contribution in [2.75, 3.05) is 23.9 Å². The van der Waals surface area contributed by atoms with Gasteiger partial charge in [0.15, 0.2) is 0 Å². The number of benzene rings is 1. The van der Waals surface area contributed by atoms with Crippen LogP contribution in [0.1, 0.15) is 11.3 Å². The number of nitrogens with zero attached hydrogens (tertiary/aromatic N) is 2. The second-order valence-electron chi connectivity index (χ2n) is 4.59. The highest BCUT2D eigenvalue weighted by molar-refractivity contribution is 7.98. The maximum absolute atomic E-state index is 6.07. The molecule has 1 aromatic carbocycles. The van der Waals surface area contributed by atoms with E-state index in [0.29, 0.717) is 0 Å². The third-order valence-electron chi connectivity index (χ3n) is 3.33. The van der Waals surface area contributed by atoms with Crippen LogP contribution in [-0.4, -0.2) is 28.3 Å². The van der Waals surface area contributed by atoms with Crippen molar-refractivity contribution in [1.82, 2.24) is 9.78 Å². The van der Waals surface area contributed by atoms with Crippen molar-refractivity contribution in [3.8, 4) is 5.69 Å². The van der Waals surface area contributed by atoms with Crippen LogP contribution in [0.5, 0.6) is 0 Å². The summed E-state index contributed by atoms with van der Waals surface area (Å²) in [6.07, 6.45) is 4.23. The first-order valence-corrected chi connectivity index (χ1v) is 8.16. The molecule has 5 heteroatoms. The Hall–Kier alpha value is -1.13. The Morgan fingerprint density at radius 2 is 2.37 bits per heavy atom. The summed E-state index contributed by atoms with van der Waals surface area (Å²) in [5, 5.41) is 8.94. The molecule has 0 saturated heterocycles. The Morgan fingerprint density at radius 3 is 3.16 bits per heavy atom. The zero-order chi connectivity index (χ0) is 13.2. The molecule has 0 fully saturated rings. The van der Waals surface area contributed by atoms with Crippen LogP contribution in [0.4, 0.5) is 5.82 Å². The number of anilines is 1. The van der Waals surface area contributed by atoms with Gasteiger partial charge in [0.25, 0.3) is 0 Å². The third kappa shape index (κ3) is 2.47. The van der Waals surface area contributed by atoms with Crippen molar-refractivity contribution in [3.63, 3.8) is 0 Å². The normalized spacial score (nSPS) is 13.4. The van der Waals surface area contributed by atoms with Gasteiger partial charge in [-0.3, -0.25) is 0 Å². The van der Waals surface area contributed by atoms with Gasteiger partial charge >= 0.3 is 0 Å². The van der Waals surface area contributed by atoms with Gasteiger partial charge in [0, 0.05) is 23.6 Å². The molecule has 2 aromatic rings. The van der Waals surface area contributed by atoms with Gasteiger partial charge in [0.1, 0.15) is 5.82 Å². The molecule has 1 aromatic heterocycles. The predicted octanol–water partition coefficient (Wildman–Crippen LogP) is 3.40. The lowest BCUT2D eigenvalue weighted by Crippen LogP contribution is -2.05. The van der Waals surface area contributed by atoms with Crippen LogP contribution in [0.25, 0.3) is 5.69 Å². The summed E-state index contributed by atoms with van der Waals surface area (Å²) in [5.41, 5.74) is 3.61. The molecule has 19 heavy (non-hydrogen) atoms. The fraction of sp³-hybridized carbons (Fsp3) is 0.357. The van der Waals surface area contributed by atoms with Gasteiger partial charge in [-0.25, -0.2) is 4.68 Å². The van der Waals surface area contributed by atoms with E-state index in [1.165, 1.54) is 11.3 Å². The lowest BCUT2D eigenvalue weighted by molar-refractivity contribution is 0.834. The van der Waals surface area contributed by atoms with Crippen LogP contribution < -0.4 is 5.32 Å². The van der Waals surface area contributed by atoms with Gasteiger partial charge in [0.05, 0.1) is 11.4 Å². The average molecular weight is 294 g/mol. The van der Waals surface area contributed by atoms with E-state index in [0.717, 1.165) is 41.7 Å². The lowest BCUT2D eigenvalue weighted by atomic mass is 10.2. The molecule has 0 spiro atoms. The van der Waals surface area contributed by atoms with E-state index >= 15 is 0 Å². The molecule has 2 heterocycles. The summed E-state index contributed by atoms with van der Waals surface area (Å²) in [7, 11) is 0. The topological polar surface area (TPSA) is 29.9 Å². The number of aryl methyl sites for hydroxylation is 1. The van der Waals surface area contributed by atoms with Crippen LogP contribution in [0.3, 0.4) is 0 Å². The fourth-order valence-electron chi connectivity index (χ4n) is 2.44. The molecule has 0 aliphatic carbocycles. The summed E-state index contributed by atoms with van der Waals surface area (Å²) < 4.78 is 1.99. The Kier molecular flexibility index (Phi) is 3.71. The molecule has 1 aliphatic rings. The molecule has 100 valence electrons. The number of aromatic nitrogens is 2. The summed E-state index contributed by atoms with van der Waals surface area (Å²) in [4.78, 5) is 0. The minimum absolute atomic E-state index is 0.741. The second-order valence-corrected chi connectivity index (χ2v) is 6.01. The molecule has 1 N–H and O–H groups in total. The number of hydrogen-bond donors (Lipinski definition) is 1. The van der Waals surface area contributed by atoms with E-state index in [2.05, 4.69) is 11.6 Å². The highest BCUT2D eigenvalue weighted by atomic mass is 35.5. The van der Waals surface area contributed by atoms with E-state index in [9.17, 15) is 0 Å². The summed E-state index contributed by atoms with van der Waals surface area (Å²) in [6.45, 7) is 1.00. The first kappa shape index (κ1) is 12.9. The Morgan fingerprint density at radius 1 is 1.47 bits per heavy atom. The van der Waals surface area contributed by atoms with E-state index in [4.69, 9.17) is 16.7 Å². The van der Waals surface area contributed by atoms with Gasteiger partial charge < -0.3 is 5.32 Å². The van der Waals surface area contributed by atoms with Gasteiger partial charge in [-0.15, -0.1) is 0 Å². The van der Waals surface area contributed by atoms with Crippen LogP contribution >= 0.6 is 23.4 Å². The molecule has 3 rings (SSSR count). The molecule has 0 atom stereocenters. The molecule has 0 radical (unpaired) electrons. The van der Waals surface area contributed by atoms with E-state index in [1.807, 2.05) is 40.7 Å². The molecule has 1 aliphatic heterocycles. The summed E-state index contributed by atoms with van der Waals surface area (Å²) in [6, 6.07) is 7.84. The van der Waals surface area contributed by atoms with Crippen molar-refractivity contribution < 1.29 is 0 Å². The predicted molar refractivity (Wildman–Crippen MR) is 82.9 cm³/mol. The zero-order valence-electron chi connectivity index (χ0n) is 10.8. The van der Waals surface area contributed by atoms with Crippen LogP contribution in [-0.2, 0) is 12.8 Å². The quantitative estimate of drug-likeness (QED) is 0.937. The van der Waals surface area contributed by atoms with Crippen molar-refractivity contribution in [3.05, 3.63) is 40.5 Å². The largest absolute Gasteiger partial charge is 0.369 e. The molecular weight excluding hydrogens is 278 g/mol. The lowest BCUT2D eigenvalue weighted by Gasteiger charge is -2.06. The second kappa shape index (κ2) is 5.47. The highest BCUT2D eigenvalue weighted by Crippen LogP contribution is 2.29. The molecular formula is C14H16ClN3S. The number of rotatable bonds is 4. The fourth-order valence-corrected chi connectivity index (χ4v) is 3.02. The Bertz CT molecular complexity index is 594. The minimum atomic E-state index is 0.741. The zero-order valence-corrected chi connectivity index (χ0v) is 12.4. The molecule has 0 saturated carbocycles. The molecule has 0 amide bonds. The number of thioether (sulfide) groups is 1. The van der Waals surface area contributed by atoms with Crippen LogP contribution in [0, 0.1) is 0 Å². The van der Waals surface area contributed by atoms with Crippen molar-refractivity contribution in [2.45, 2.75) is 12.8 Å². The standard InChI is InChI=1S/C14H16ClN3S/c1-19-8-6-13-12-5-7-16-14(12)18(17-13)11-4-2-3-10(15)9-11/h2-4,9,16H,5-8H2,1H3. The van der Waals surface area contributed by atoms with Gasteiger partial charge in [-0.2, -0.15) is 16.9 Å². The SMILES string of the molecule is CSCCc1nn(-c2cccc(Cl)c2)c2c1CCN2. The van der Waals surface area contributed by atoms with Crippen molar-refractivity contribution in [1.29, 1.82) is 0 Å².